The SMILES string of the molecule is Cc1ccc(CN2CCN(C(=O)c3cnn(CCC(=O)O)c3)CC2)cc1. The zero-order valence-corrected chi connectivity index (χ0v) is 15.0. The molecule has 1 aliphatic heterocycles. The van der Waals surface area contributed by atoms with Gasteiger partial charge in [0.15, 0.2) is 0 Å². The van der Waals surface area contributed by atoms with Crippen LogP contribution in [0.25, 0.3) is 0 Å². The van der Waals surface area contributed by atoms with Crippen LogP contribution in [0, 0.1) is 6.92 Å². The Kier molecular flexibility index (Phi) is 5.68. The van der Waals surface area contributed by atoms with Crippen molar-refractivity contribution in [3.8, 4) is 0 Å². The fourth-order valence-corrected chi connectivity index (χ4v) is 3.05. The first kappa shape index (κ1) is 18.1. The monoisotopic (exact) mass is 356 g/mol. The van der Waals surface area contributed by atoms with Gasteiger partial charge in [-0.05, 0) is 12.5 Å². The van der Waals surface area contributed by atoms with Gasteiger partial charge in [0.1, 0.15) is 0 Å². The molecule has 1 aromatic heterocycles. The van der Waals surface area contributed by atoms with Crippen LogP contribution < -0.4 is 0 Å². The molecule has 0 radical (unpaired) electrons. The lowest BCUT2D eigenvalue weighted by atomic mass is 10.1. The summed E-state index contributed by atoms with van der Waals surface area (Å²) in [6.45, 7) is 6.30. The smallest absolute Gasteiger partial charge is 0.305 e. The van der Waals surface area contributed by atoms with Gasteiger partial charge in [-0.2, -0.15) is 5.10 Å². The summed E-state index contributed by atoms with van der Waals surface area (Å²) in [5.74, 6) is -0.917. The number of carboxylic acids is 1. The number of hydrogen-bond donors (Lipinski definition) is 1. The van der Waals surface area contributed by atoms with Crippen molar-refractivity contribution in [3.63, 3.8) is 0 Å². The topological polar surface area (TPSA) is 78.7 Å². The standard InChI is InChI=1S/C19H24N4O3/c1-15-2-4-16(5-3-15)13-21-8-10-22(11-9-21)19(26)17-12-20-23(14-17)7-6-18(24)25/h2-5,12,14H,6-11,13H2,1H3,(H,24,25). The first-order valence-corrected chi connectivity index (χ1v) is 8.83. The maximum atomic E-state index is 12.6. The number of piperazine rings is 1. The van der Waals surface area contributed by atoms with E-state index in [1.165, 1.54) is 22.0 Å². The molecule has 3 rings (SSSR count). The van der Waals surface area contributed by atoms with Gasteiger partial charge < -0.3 is 10.0 Å². The second-order valence-electron chi connectivity index (χ2n) is 6.69. The second kappa shape index (κ2) is 8.14. The highest BCUT2D eigenvalue weighted by molar-refractivity contribution is 5.93. The van der Waals surface area contributed by atoms with Crippen molar-refractivity contribution >= 4 is 11.9 Å². The Morgan fingerprint density at radius 1 is 1.12 bits per heavy atom. The number of amides is 1. The third kappa shape index (κ3) is 4.70. The molecule has 0 saturated carbocycles. The Labute approximate surface area is 152 Å². The Hall–Kier alpha value is -2.67. The number of aryl methyl sites for hydroxylation is 2. The molecule has 2 heterocycles. The van der Waals surface area contributed by atoms with Crippen LogP contribution >= 0.6 is 0 Å². The summed E-state index contributed by atoms with van der Waals surface area (Å²) in [4.78, 5) is 27.4. The Balaban J connectivity index is 1.50. The third-order valence-corrected chi connectivity index (χ3v) is 4.62. The van der Waals surface area contributed by atoms with Gasteiger partial charge in [0.2, 0.25) is 0 Å². The van der Waals surface area contributed by atoms with Gasteiger partial charge in [-0.1, -0.05) is 29.8 Å². The first-order valence-electron chi connectivity index (χ1n) is 8.83. The molecule has 7 nitrogen and oxygen atoms in total. The molecule has 7 heteroatoms. The molecule has 0 unspecified atom stereocenters. The molecule has 1 fully saturated rings. The van der Waals surface area contributed by atoms with Crippen molar-refractivity contribution in [2.75, 3.05) is 26.2 Å². The summed E-state index contributed by atoms with van der Waals surface area (Å²) in [5.41, 5.74) is 3.06. The van der Waals surface area contributed by atoms with Crippen molar-refractivity contribution in [2.24, 2.45) is 0 Å². The molecule has 2 aromatic rings. The number of nitrogens with zero attached hydrogens (tertiary/aromatic N) is 4. The van der Waals surface area contributed by atoms with Crippen LogP contribution in [0.1, 0.15) is 27.9 Å². The lowest BCUT2D eigenvalue weighted by Gasteiger charge is -2.34. The Morgan fingerprint density at radius 2 is 1.81 bits per heavy atom. The molecule has 138 valence electrons. The van der Waals surface area contributed by atoms with Gasteiger partial charge in [0.25, 0.3) is 5.91 Å². The van der Waals surface area contributed by atoms with Crippen LogP contribution in [0.4, 0.5) is 0 Å². The van der Waals surface area contributed by atoms with E-state index in [-0.39, 0.29) is 18.9 Å². The predicted octanol–water partition coefficient (Wildman–Crippen LogP) is 1.62. The van der Waals surface area contributed by atoms with E-state index in [1.807, 2.05) is 4.90 Å². The zero-order chi connectivity index (χ0) is 18.5. The van der Waals surface area contributed by atoms with Crippen molar-refractivity contribution in [1.82, 2.24) is 19.6 Å². The minimum Gasteiger partial charge on any atom is -0.481 e. The molecule has 1 aliphatic rings. The summed E-state index contributed by atoms with van der Waals surface area (Å²) in [6, 6.07) is 8.55. The van der Waals surface area contributed by atoms with E-state index in [0.717, 1.165) is 19.6 Å². The highest BCUT2D eigenvalue weighted by atomic mass is 16.4. The quantitative estimate of drug-likeness (QED) is 0.851. The molecule has 0 bridgehead atoms. The number of carboxylic acid groups (broad SMARTS) is 1. The maximum Gasteiger partial charge on any atom is 0.305 e. The van der Waals surface area contributed by atoms with Gasteiger partial charge >= 0.3 is 5.97 Å². The number of carbonyl (C=O) groups is 2. The van der Waals surface area contributed by atoms with Crippen molar-refractivity contribution in [1.29, 1.82) is 0 Å². The Bertz CT molecular complexity index is 761. The number of rotatable bonds is 6. The van der Waals surface area contributed by atoms with Gasteiger partial charge in [0, 0.05) is 38.9 Å². The number of carbonyl (C=O) groups excluding carboxylic acids is 1. The van der Waals surface area contributed by atoms with E-state index in [4.69, 9.17) is 5.11 Å². The lowest BCUT2D eigenvalue weighted by molar-refractivity contribution is -0.137. The van der Waals surface area contributed by atoms with Crippen LogP contribution in [0.15, 0.2) is 36.7 Å². The van der Waals surface area contributed by atoms with Crippen molar-refractivity contribution in [2.45, 2.75) is 26.4 Å². The lowest BCUT2D eigenvalue weighted by Crippen LogP contribution is -2.48. The minimum atomic E-state index is -0.877. The van der Waals surface area contributed by atoms with E-state index in [9.17, 15) is 9.59 Å². The number of aliphatic carboxylic acids is 1. The third-order valence-electron chi connectivity index (χ3n) is 4.62. The van der Waals surface area contributed by atoms with Gasteiger partial charge in [-0.25, -0.2) is 0 Å². The van der Waals surface area contributed by atoms with Crippen LogP contribution in [0.2, 0.25) is 0 Å². The highest BCUT2D eigenvalue weighted by Gasteiger charge is 2.23. The highest BCUT2D eigenvalue weighted by Crippen LogP contribution is 2.12. The number of benzene rings is 1. The number of hydrogen-bond acceptors (Lipinski definition) is 4. The summed E-state index contributed by atoms with van der Waals surface area (Å²) in [6.07, 6.45) is 3.14. The summed E-state index contributed by atoms with van der Waals surface area (Å²) in [7, 11) is 0. The minimum absolute atomic E-state index is 0.00695. The van der Waals surface area contributed by atoms with Crippen molar-refractivity contribution < 1.29 is 14.7 Å². The zero-order valence-electron chi connectivity index (χ0n) is 15.0. The molecule has 0 spiro atoms. The van der Waals surface area contributed by atoms with Crippen LogP contribution in [-0.2, 0) is 17.9 Å². The molecule has 1 aromatic carbocycles. The summed E-state index contributed by atoms with van der Waals surface area (Å²) >= 11 is 0. The van der Waals surface area contributed by atoms with E-state index in [1.54, 1.807) is 6.20 Å². The molecule has 0 aliphatic carbocycles. The van der Waals surface area contributed by atoms with Gasteiger partial charge in [0.05, 0.1) is 24.7 Å². The molecular weight excluding hydrogens is 332 g/mol. The molecular formula is C19H24N4O3. The van der Waals surface area contributed by atoms with Gasteiger partial charge in [-0.3, -0.25) is 19.2 Å². The van der Waals surface area contributed by atoms with Crippen LogP contribution in [0.3, 0.4) is 0 Å². The van der Waals surface area contributed by atoms with Gasteiger partial charge in [-0.15, -0.1) is 0 Å². The molecule has 0 atom stereocenters. The van der Waals surface area contributed by atoms with Crippen molar-refractivity contribution in [3.05, 3.63) is 53.3 Å². The van der Waals surface area contributed by atoms with Crippen LogP contribution in [0.5, 0.6) is 0 Å². The molecule has 26 heavy (non-hydrogen) atoms. The first-order chi connectivity index (χ1) is 12.5. The average Bonchev–Trinajstić information content (AvgIpc) is 3.11. The molecule has 1 N–H and O–H groups in total. The van der Waals surface area contributed by atoms with E-state index in [0.29, 0.717) is 18.7 Å². The van der Waals surface area contributed by atoms with E-state index in [2.05, 4.69) is 41.2 Å². The molecule has 1 amide bonds. The Morgan fingerprint density at radius 3 is 2.46 bits per heavy atom. The fraction of sp³-hybridized carbons (Fsp3) is 0.421. The predicted molar refractivity (Wildman–Crippen MR) is 96.8 cm³/mol. The largest absolute Gasteiger partial charge is 0.481 e. The maximum absolute atomic E-state index is 12.6. The van der Waals surface area contributed by atoms with Crippen LogP contribution in [-0.4, -0.2) is 62.7 Å². The fourth-order valence-electron chi connectivity index (χ4n) is 3.05. The summed E-state index contributed by atoms with van der Waals surface area (Å²) in [5, 5.41) is 12.8. The normalized spacial score (nSPS) is 15.2. The average molecular weight is 356 g/mol. The number of aromatic nitrogens is 2. The molecule has 1 saturated heterocycles. The van der Waals surface area contributed by atoms with E-state index < -0.39 is 5.97 Å². The second-order valence-corrected chi connectivity index (χ2v) is 6.69. The van der Waals surface area contributed by atoms with E-state index >= 15 is 0 Å². The summed E-state index contributed by atoms with van der Waals surface area (Å²) < 4.78 is 1.51.